The molecule has 1 aliphatic rings. The van der Waals surface area contributed by atoms with Crippen molar-refractivity contribution in [3.63, 3.8) is 0 Å². The van der Waals surface area contributed by atoms with Crippen molar-refractivity contribution in [1.82, 2.24) is 5.32 Å². The van der Waals surface area contributed by atoms with E-state index in [1.165, 1.54) is 12.0 Å². The van der Waals surface area contributed by atoms with Gasteiger partial charge >= 0.3 is 0 Å². The van der Waals surface area contributed by atoms with Gasteiger partial charge in [0.25, 0.3) is 0 Å². The van der Waals surface area contributed by atoms with Crippen molar-refractivity contribution in [2.75, 3.05) is 0 Å². The predicted molar refractivity (Wildman–Crippen MR) is 78.3 cm³/mol. The van der Waals surface area contributed by atoms with E-state index in [-0.39, 0.29) is 24.6 Å². The number of rotatable bonds is 3. The normalized spacial score (nSPS) is 27.9. The number of aliphatic hydroxyl groups is 1. The van der Waals surface area contributed by atoms with E-state index >= 15 is 0 Å². The fraction of sp³-hybridized carbons (Fsp3) is 0.600. The first-order chi connectivity index (χ1) is 8.16. The Labute approximate surface area is 116 Å². The first kappa shape index (κ1) is 15.5. The molecule has 0 aromatic heterocycles. The maximum Gasteiger partial charge on any atom is 0.0699 e. The summed E-state index contributed by atoms with van der Waals surface area (Å²) in [5, 5.41) is 13.6. The summed E-state index contributed by atoms with van der Waals surface area (Å²) < 4.78 is 0. The van der Waals surface area contributed by atoms with E-state index < -0.39 is 0 Å². The quantitative estimate of drug-likeness (QED) is 0.884. The van der Waals surface area contributed by atoms with Crippen LogP contribution in [0, 0.1) is 0 Å². The van der Waals surface area contributed by atoms with Crippen molar-refractivity contribution in [1.29, 1.82) is 0 Å². The van der Waals surface area contributed by atoms with Gasteiger partial charge in [0.15, 0.2) is 0 Å². The summed E-state index contributed by atoms with van der Waals surface area (Å²) in [6.45, 7) is 4.27. The van der Waals surface area contributed by atoms with Crippen LogP contribution in [0.3, 0.4) is 0 Å². The number of hydrogen-bond donors (Lipinski definition) is 2. The Balaban J connectivity index is 0.00000162. The second-order valence-corrected chi connectivity index (χ2v) is 5.42. The zero-order chi connectivity index (χ0) is 12.3. The lowest BCUT2D eigenvalue weighted by Gasteiger charge is -2.35. The molecule has 3 unspecified atom stereocenters. The zero-order valence-corrected chi connectivity index (χ0v) is 12.0. The van der Waals surface area contributed by atoms with Crippen molar-refractivity contribution < 1.29 is 5.11 Å². The highest BCUT2D eigenvalue weighted by molar-refractivity contribution is 5.85. The second-order valence-electron chi connectivity index (χ2n) is 5.42. The number of nitrogens with one attached hydrogen (secondary N) is 1. The van der Waals surface area contributed by atoms with Crippen molar-refractivity contribution in [2.24, 2.45) is 0 Å². The van der Waals surface area contributed by atoms with Crippen LogP contribution < -0.4 is 5.32 Å². The Kier molecular flexibility index (Phi) is 6.13. The molecule has 0 saturated heterocycles. The van der Waals surface area contributed by atoms with E-state index in [1.807, 2.05) is 6.07 Å². The third kappa shape index (κ3) is 3.98. The molecule has 1 aromatic rings. The van der Waals surface area contributed by atoms with Crippen molar-refractivity contribution in [2.45, 2.75) is 57.2 Å². The summed E-state index contributed by atoms with van der Waals surface area (Å²) in [5.41, 5.74) is 1.37. The highest BCUT2D eigenvalue weighted by Gasteiger charge is 2.29. The van der Waals surface area contributed by atoms with Gasteiger partial charge in [-0.2, -0.15) is 0 Å². The molecule has 3 heteroatoms. The molecule has 18 heavy (non-hydrogen) atoms. The topological polar surface area (TPSA) is 32.3 Å². The SMILES string of the molecule is CC(C)NC1CCC(c2ccccc2)CC1O.Cl. The lowest BCUT2D eigenvalue weighted by Crippen LogP contribution is -2.46. The molecule has 2 rings (SSSR count). The molecule has 0 spiro atoms. The summed E-state index contributed by atoms with van der Waals surface area (Å²) >= 11 is 0. The number of benzene rings is 1. The molecule has 1 saturated carbocycles. The molecule has 1 aromatic carbocycles. The first-order valence-electron chi connectivity index (χ1n) is 6.66. The lowest BCUT2D eigenvalue weighted by molar-refractivity contribution is 0.0776. The van der Waals surface area contributed by atoms with E-state index in [9.17, 15) is 5.11 Å². The second kappa shape index (κ2) is 7.13. The van der Waals surface area contributed by atoms with E-state index in [0.29, 0.717) is 12.0 Å². The van der Waals surface area contributed by atoms with Gasteiger partial charge in [-0.1, -0.05) is 44.2 Å². The highest BCUT2D eigenvalue weighted by Crippen LogP contribution is 2.33. The molecule has 1 fully saturated rings. The maximum absolute atomic E-state index is 10.2. The minimum atomic E-state index is -0.212. The van der Waals surface area contributed by atoms with Crippen LogP contribution in [-0.4, -0.2) is 23.3 Å². The van der Waals surface area contributed by atoms with E-state index in [0.717, 1.165) is 12.8 Å². The summed E-state index contributed by atoms with van der Waals surface area (Å²) in [6.07, 6.45) is 2.91. The molecular weight excluding hydrogens is 246 g/mol. The molecule has 0 bridgehead atoms. The average molecular weight is 270 g/mol. The van der Waals surface area contributed by atoms with Crippen LogP contribution in [-0.2, 0) is 0 Å². The third-order valence-electron chi connectivity index (χ3n) is 3.63. The van der Waals surface area contributed by atoms with E-state index in [4.69, 9.17) is 0 Å². The van der Waals surface area contributed by atoms with Gasteiger partial charge in [-0.25, -0.2) is 0 Å². The molecule has 0 heterocycles. The van der Waals surface area contributed by atoms with Crippen LogP contribution in [0.15, 0.2) is 30.3 Å². The minimum absolute atomic E-state index is 0. The first-order valence-corrected chi connectivity index (χ1v) is 6.66. The number of hydrogen-bond acceptors (Lipinski definition) is 2. The molecule has 2 nitrogen and oxygen atoms in total. The summed E-state index contributed by atoms with van der Waals surface area (Å²) in [6, 6.07) is 11.3. The van der Waals surface area contributed by atoms with Gasteiger partial charge in [0.2, 0.25) is 0 Å². The van der Waals surface area contributed by atoms with Crippen LogP contribution in [0.5, 0.6) is 0 Å². The molecule has 0 amide bonds. The minimum Gasteiger partial charge on any atom is -0.391 e. The van der Waals surface area contributed by atoms with Crippen molar-refractivity contribution in [3.8, 4) is 0 Å². The monoisotopic (exact) mass is 269 g/mol. The van der Waals surface area contributed by atoms with Crippen LogP contribution in [0.2, 0.25) is 0 Å². The molecular formula is C15H24ClNO. The Bertz CT molecular complexity index is 342. The molecule has 3 atom stereocenters. The molecule has 102 valence electrons. The standard InChI is InChI=1S/C15H23NO.ClH/c1-11(2)16-14-9-8-13(10-15(14)17)12-6-4-3-5-7-12;/h3-7,11,13-17H,8-10H2,1-2H3;1H. The third-order valence-corrected chi connectivity index (χ3v) is 3.63. The molecule has 1 aliphatic carbocycles. The molecule has 0 radical (unpaired) electrons. The Morgan fingerprint density at radius 1 is 1.17 bits per heavy atom. The van der Waals surface area contributed by atoms with Crippen molar-refractivity contribution >= 4 is 12.4 Å². The fourth-order valence-corrected chi connectivity index (χ4v) is 2.80. The average Bonchev–Trinajstić information content (AvgIpc) is 2.32. The summed E-state index contributed by atoms with van der Waals surface area (Å²) in [5.74, 6) is 0.524. The van der Waals surface area contributed by atoms with Crippen LogP contribution in [0.1, 0.15) is 44.6 Å². The fourth-order valence-electron chi connectivity index (χ4n) is 2.80. The van der Waals surface area contributed by atoms with Gasteiger partial charge < -0.3 is 10.4 Å². The predicted octanol–water partition coefficient (Wildman–Crippen LogP) is 3.10. The van der Waals surface area contributed by atoms with E-state index in [2.05, 4.69) is 43.4 Å². The summed E-state index contributed by atoms with van der Waals surface area (Å²) in [7, 11) is 0. The van der Waals surface area contributed by atoms with E-state index in [1.54, 1.807) is 0 Å². The lowest BCUT2D eigenvalue weighted by atomic mass is 9.80. The Hall–Kier alpha value is -0.570. The van der Waals surface area contributed by atoms with Gasteiger partial charge in [0.05, 0.1) is 6.10 Å². The van der Waals surface area contributed by atoms with Crippen molar-refractivity contribution in [3.05, 3.63) is 35.9 Å². The largest absolute Gasteiger partial charge is 0.391 e. The van der Waals surface area contributed by atoms with Crippen LogP contribution in [0.4, 0.5) is 0 Å². The smallest absolute Gasteiger partial charge is 0.0699 e. The molecule has 2 N–H and O–H groups in total. The maximum atomic E-state index is 10.2. The van der Waals surface area contributed by atoms with Gasteiger partial charge in [-0.05, 0) is 30.7 Å². The van der Waals surface area contributed by atoms with Crippen LogP contribution >= 0.6 is 12.4 Å². The number of aliphatic hydroxyl groups excluding tert-OH is 1. The Morgan fingerprint density at radius 3 is 2.39 bits per heavy atom. The van der Waals surface area contributed by atoms with Gasteiger partial charge in [-0.3, -0.25) is 0 Å². The Morgan fingerprint density at radius 2 is 1.83 bits per heavy atom. The number of halogens is 1. The zero-order valence-electron chi connectivity index (χ0n) is 11.2. The highest BCUT2D eigenvalue weighted by atomic mass is 35.5. The van der Waals surface area contributed by atoms with Crippen LogP contribution in [0.25, 0.3) is 0 Å². The van der Waals surface area contributed by atoms with Gasteiger partial charge in [-0.15, -0.1) is 12.4 Å². The van der Waals surface area contributed by atoms with Gasteiger partial charge in [0.1, 0.15) is 0 Å². The van der Waals surface area contributed by atoms with Gasteiger partial charge in [0, 0.05) is 12.1 Å². The summed E-state index contributed by atoms with van der Waals surface area (Å²) in [4.78, 5) is 0. The molecule has 0 aliphatic heterocycles.